The highest BCUT2D eigenvalue weighted by atomic mass is 35.5. The quantitative estimate of drug-likeness (QED) is 0.861. The number of likely N-dealkylation sites (N-methyl/N-ethyl adjacent to an activating group) is 1. The second-order valence-corrected chi connectivity index (χ2v) is 9.66. The summed E-state index contributed by atoms with van der Waals surface area (Å²) in [7, 11) is -2.31. The van der Waals surface area contributed by atoms with Crippen LogP contribution in [0.15, 0.2) is 40.6 Å². The molecule has 0 bridgehead atoms. The first-order chi connectivity index (χ1) is 11.4. The molecule has 1 aliphatic carbocycles. The molecule has 3 rings (SSSR count). The van der Waals surface area contributed by atoms with Gasteiger partial charge in [-0.1, -0.05) is 35.9 Å². The van der Waals surface area contributed by atoms with Crippen LogP contribution in [0.25, 0.3) is 0 Å². The van der Waals surface area contributed by atoms with Gasteiger partial charge in [0.1, 0.15) is 4.21 Å². The molecule has 1 aromatic heterocycles. The fraction of sp³-hybridized carbons (Fsp3) is 0.312. The van der Waals surface area contributed by atoms with Crippen molar-refractivity contribution < 1.29 is 13.2 Å². The van der Waals surface area contributed by atoms with Gasteiger partial charge in [0.25, 0.3) is 10.0 Å². The van der Waals surface area contributed by atoms with Crippen molar-refractivity contribution in [2.75, 3.05) is 13.6 Å². The highest BCUT2D eigenvalue weighted by Gasteiger charge is 2.27. The molecule has 1 atom stereocenters. The van der Waals surface area contributed by atoms with Crippen molar-refractivity contribution in [3.05, 3.63) is 51.9 Å². The van der Waals surface area contributed by atoms with Crippen LogP contribution in [0.1, 0.15) is 23.6 Å². The molecule has 0 saturated carbocycles. The largest absolute Gasteiger partial charge is 0.348 e. The summed E-state index contributed by atoms with van der Waals surface area (Å²) in [4.78, 5) is 12.3. The molecule has 0 spiro atoms. The Kier molecular flexibility index (Phi) is 4.96. The number of carbonyl (C=O) groups is 1. The highest BCUT2D eigenvalue weighted by Crippen LogP contribution is 2.31. The monoisotopic (exact) mass is 384 g/mol. The van der Waals surface area contributed by atoms with Crippen LogP contribution in [-0.2, 0) is 21.2 Å². The zero-order chi connectivity index (χ0) is 17.3. The van der Waals surface area contributed by atoms with Gasteiger partial charge in [-0.2, -0.15) is 4.31 Å². The Balaban J connectivity index is 1.65. The van der Waals surface area contributed by atoms with E-state index in [4.69, 9.17) is 11.6 Å². The molecule has 0 radical (unpaired) electrons. The van der Waals surface area contributed by atoms with Crippen molar-refractivity contribution in [3.63, 3.8) is 0 Å². The molecule has 1 N–H and O–H groups in total. The third-order valence-corrected chi connectivity index (χ3v) is 7.55. The molecule has 0 aliphatic heterocycles. The molecular formula is C16H17ClN2O3S2. The minimum atomic E-state index is -3.70. The molecule has 1 aromatic carbocycles. The van der Waals surface area contributed by atoms with E-state index in [-0.39, 0.29) is 22.7 Å². The molecule has 5 nitrogen and oxygen atoms in total. The Hall–Kier alpha value is -1.41. The van der Waals surface area contributed by atoms with Crippen molar-refractivity contribution in [1.82, 2.24) is 9.62 Å². The average molecular weight is 385 g/mol. The van der Waals surface area contributed by atoms with E-state index in [1.54, 1.807) is 0 Å². The van der Waals surface area contributed by atoms with E-state index in [1.807, 2.05) is 18.2 Å². The van der Waals surface area contributed by atoms with Gasteiger partial charge in [0.2, 0.25) is 5.91 Å². The van der Waals surface area contributed by atoms with Gasteiger partial charge in [0, 0.05) is 7.05 Å². The molecule has 128 valence electrons. The number of nitrogens with one attached hydrogen (secondary N) is 1. The number of rotatable bonds is 5. The molecule has 2 aromatic rings. The molecule has 0 saturated heterocycles. The number of hydrogen-bond acceptors (Lipinski definition) is 4. The Labute approximate surface area is 150 Å². The summed E-state index contributed by atoms with van der Waals surface area (Å²) in [6.45, 7) is -0.226. The number of hydrogen-bond donors (Lipinski definition) is 1. The van der Waals surface area contributed by atoms with Crippen LogP contribution in [0.5, 0.6) is 0 Å². The van der Waals surface area contributed by atoms with Crippen LogP contribution in [0.4, 0.5) is 0 Å². The maximum atomic E-state index is 12.4. The number of benzene rings is 1. The van der Waals surface area contributed by atoms with E-state index in [0.29, 0.717) is 4.34 Å². The SMILES string of the molecule is CN(CC(=O)N[C@@H]1CCc2ccccc21)S(=O)(=O)c1ccc(Cl)s1. The predicted octanol–water partition coefficient (Wildman–Crippen LogP) is 2.83. The zero-order valence-corrected chi connectivity index (χ0v) is 15.4. The second-order valence-electron chi connectivity index (χ2n) is 5.68. The Morgan fingerprint density at radius 1 is 1.33 bits per heavy atom. The van der Waals surface area contributed by atoms with Crippen LogP contribution >= 0.6 is 22.9 Å². The van der Waals surface area contributed by atoms with Crippen molar-refractivity contribution in [3.8, 4) is 0 Å². The summed E-state index contributed by atoms with van der Waals surface area (Å²) in [6.07, 6.45) is 1.75. The van der Waals surface area contributed by atoms with E-state index in [9.17, 15) is 13.2 Å². The average Bonchev–Trinajstić information content (AvgIpc) is 3.14. The minimum absolute atomic E-state index is 0.0546. The number of nitrogens with zero attached hydrogens (tertiary/aromatic N) is 1. The number of fused-ring (bicyclic) bond motifs is 1. The van der Waals surface area contributed by atoms with Gasteiger partial charge >= 0.3 is 0 Å². The summed E-state index contributed by atoms with van der Waals surface area (Å²) in [5.74, 6) is -0.314. The number of aryl methyl sites for hydroxylation is 1. The van der Waals surface area contributed by atoms with Gasteiger partial charge in [-0.05, 0) is 36.1 Å². The van der Waals surface area contributed by atoms with Crippen LogP contribution in [0.2, 0.25) is 4.34 Å². The smallest absolute Gasteiger partial charge is 0.252 e. The number of halogens is 1. The molecule has 1 amide bonds. The van der Waals surface area contributed by atoms with E-state index >= 15 is 0 Å². The van der Waals surface area contributed by atoms with Gasteiger partial charge in [-0.3, -0.25) is 4.79 Å². The first-order valence-electron chi connectivity index (χ1n) is 7.47. The fourth-order valence-corrected chi connectivity index (χ4v) is 5.64. The number of amides is 1. The number of thiophene rings is 1. The van der Waals surface area contributed by atoms with Gasteiger partial charge in [0.05, 0.1) is 16.9 Å². The molecule has 24 heavy (non-hydrogen) atoms. The Morgan fingerprint density at radius 2 is 2.08 bits per heavy atom. The third kappa shape index (κ3) is 3.49. The van der Waals surface area contributed by atoms with E-state index in [2.05, 4.69) is 11.4 Å². The van der Waals surface area contributed by atoms with Crippen molar-refractivity contribution in [2.24, 2.45) is 0 Å². The lowest BCUT2D eigenvalue weighted by molar-refractivity contribution is -0.121. The van der Waals surface area contributed by atoms with Crippen molar-refractivity contribution >= 4 is 38.9 Å². The predicted molar refractivity (Wildman–Crippen MR) is 94.8 cm³/mol. The molecular weight excluding hydrogens is 368 g/mol. The topological polar surface area (TPSA) is 66.5 Å². The number of carbonyl (C=O) groups excluding carboxylic acids is 1. The van der Waals surface area contributed by atoms with Crippen LogP contribution in [-0.4, -0.2) is 32.2 Å². The molecule has 1 heterocycles. The van der Waals surface area contributed by atoms with Crippen LogP contribution in [0, 0.1) is 0 Å². The van der Waals surface area contributed by atoms with Crippen LogP contribution < -0.4 is 5.32 Å². The summed E-state index contributed by atoms with van der Waals surface area (Å²) < 4.78 is 26.4. The minimum Gasteiger partial charge on any atom is -0.348 e. The maximum Gasteiger partial charge on any atom is 0.252 e. The van der Waals surface area contributed by atoms with E-state index in [1.165, 1.54) is 24.7 Å². The Morgan fingerprint density at radius 3 is 2.79 bits per heavy atom. The maximum absolute atomic E-state index is 12.4. The van der Waals surface area contributed by atoms with E-state index < -0.39 is 10.0 Å². The standard InChI is InChI=1S/C16H17ClN2O3S2/c1-19(24(21,22)16-9-8-14(17)23-16)10-15(20)18-13-7-6-11-4-2-3-5-12(11)13/h2-5,8-9,13H,6-7,10H2,1H3,(H,18,20)/t13-/m1/s1. The summed E-state index contributed by atoms with van der Waals surface area (Å²) in [5, 5.41) is 2.93. The second kappa shape index (κ2) is 6.84. The summed E-state index contributed by atoms with van der Waals surface area (Å²) in [6, 6.07) is 10.9. The van der Waals surface area contributed by atoms with Crippen molar-refractivity contribution in [1.29, 1.82) is 0 Å². The van der Waals surface area contributed by atoms with E-state index in [0.717, 1.165) is 34.0 Å². The fourth-order valence-electron chi connectivity index (χ4n) is 2.82. The Bertz CT molecular complexity index is 864. The van der Waals surface area contributed by atoms with Gasteiger partial charge in [-0.25, -0.2) is 8.42 Å². The van der Waals surface area contributed by atoms with Gasteiger partial charge < -0.3 is 5.32 Å². The highest BCUT2D eigenvalue weighted by molar-refractivity contribution is 7.91. The first-order valence-corrected chi connectivity index (χ1v) is 10.1. The number of sulfonamides is 1. The third-order valence-electron chi connectivity index (χ3n) is 4.05. The summed E-state index contributed by atoms with van der Waals surface area (Å²) >= 11 is 6.77. The lowest BCUT2D eigenvalue weighted by Gasteiger charge is -2.18. The lowest BCUT2D eigenvalue weighted by Crippen LogP contribution is -2.39. The normalized spacial score (nSPS) is 17.0. The molecule has 1 aliphatic rings. The molecule has 0 unspecified atom stereocenters. The van der Waals surface area contributed by atoms with Crippen molar-refractivity contribution in [2.45, 2.75) is 23.1 Å². The zero-order valence-electron chi connectivity index (χ0n) is 13.0. The van der Waals surface area contributed by atoms with Gasteiger partial charge in [0.15, 0.2) is 0 Å². The van der Waals surface area contributed by atoms with Gasteiger partial charge in [-0.15, -0.1) is 11.3 Å². The summed E-state index contributed by atoms with van der Waals surface area (Å²) in [5.41, 5.74) is 2.35. The molecule has 8 heteroatoms. The van der Waals surface area contributed by atoms with Crippen LogP contribution in [0.3, 0.4) is 0 Å². The first kappa shape index (κ1) is 17.4. The lowest BCUT2D eigenvalue weighted by atomic mass is 10.1. The molecule has 0 fully saturated rings.